The largest absolute Gasteiger partial charge is 0.416 e. The molecule has 0 bridgehead atoms. The number of rotatable bonds is 4. The summed E-state index contributed by atoms with van der Waals surface area (Å²) < 4.78 is 37.7. The molecule has 0 spiro atoms. The SMILES string of the molecule is CNC(Cc1ccc(C(F)(F)F)cc1)c1cc(C)sc1C. The summed E-state index contributed by atoms with van der Waals surface area (Å²) in [6.07, 6.45) is -3.60. The van der Waals surface area contributed by atoms with Gasteiger partial charge in [-0.1, -0.05) is 12.1 Å². The van der Waals surface area contributed by atoms with Crippen LogP contribution in [0, 0.1) is 13.8 Å². The van der Waals surface area contributed by atoms with E-state index in [2.05, 4.69) is 25.2 Å². The lowest BCUT2D eigenvalue weighted by Crippen LogP contribution is -2.19. The molecule has 0 saturated heterocycles. The maximum absolute atomic E-state index is 12.6. The lowest BCUT2D eigenvalue weighted by atomic mass is 9.98. The van der Waals surface area contributed by atoms with Crippen molar-refractivity contribution in [1.29, 1.82) is 0 Å². The Labute approximate surface area is 126 Å². The van der Waals surface area contributed by atoms with Crippen molar-refractivity contribution in [2.45, 2.75) is 32.5 Å². The van der Waals surface area contributed by atoms with Gasteiger partial charge >= 0.3 is 6.18 Å². The maximum atomic E-state index is 12.6. The van der Waals surface area contributed by atoms with E-state index in [-0.39, 0.29) is 6.04 Å². The second-order valence-electron chi connectivity index (χ2n) is 5.11. The van der Waals surface area contributed by atoms with Gasteiger partial charge in [0.15, 0.2) is 0 Å². The van der Waals surface area contributed by atoms with Crippen molar-refractivity contribution in [3.63, 3.8) is 0 Å². The second-order valence-corrected chi connectivity index (χ2v) is 6.57. The Morgan fingerprint density at radius 3 is 2.19 bits per heavy atom. The summed E-state index contributed by atoms with van der Waals surface area (Å²) in [7, 11) is 1.88. The van der Waals surface area contributed by atoms with Gasteiger partial charge in [-0.25, -0.2) is 0 Å². The van der Waals surface area contributed by atoms with Crippen molar-refractivity contribution in [3.8, 4) is 0 Å². The predicted octanol–water partition coefficient (Wildman–Crippen LogP) is 4.89. The van der Waals surface area contributed by atoms with Gasteiger partial charge in [-0.05, 0) is 56.6 Å². The number of aryl methyl sites for hydroxylation is 2. The number of likely N-dealkylation sites (N-methyl/N-ethyl adjacent to an activating group) is 1. The highest BCUT2D eigenvalue weighted by atomic mass is 32.1. The zero-order valence-corrected chi connectivity index (χ0v) is 13.0. The number of benzene rings is 1. The van der Waals surface area contributed by atoms with Crippen LogP contribution >= 0.6 is 11.3 Å². The summed E-state index contributed by atoms with van der Waals surface area (Å²) in [6.45, 7) is 4.14. The summed E-state index contributed by atoms with van der Waals surface area (Å²) in [5.41, 5.74) is 1.51. The minimum absolute atomic E-state index is 0.117. The Bertz CT molecular complexity index is 599. The summed E-state index contributed by atoms with van der Waals surface area (Å²) in [4.78, 5) is 2.49. The molecule has 1 heterocycles. The number of hydrogen-bond acceptors (Lipinski definition) is 2. The fourth-order valence-corrected chi connectivity index (χ4v) is 3.42. The van der Waals surface area contributed by atoms with Gasteiger partial charge in [-0.2, -0.15) is 13.2 Å². The van der Waals surface area contributed by atoms with Crippen molar-refractivity contribution >= 4 is 11.3 Å². The van der Waals surface area contributed by atoms with Crippen LogP contribution in [0.4, 0.5) is 13.2 Å². The number of thiophene rings is 1. The van der Waals surface area contributed by atoms with Crippen molar-refractivity contribution < 1.29 is 13.2 Å². The van der Waals surface area contributed by atoms with Crippen LogP contribution in [0.1, 0.15) is 32.5 Å². The standard InChI is InChI=1S/C16H18F3NS/c1-10-8-14(11(2)21-10)15(20-3)9-12-4-6-13(7-5-12)16(17,18)19/h4-8,15,20H,9H2,1-3H3. The van der Waals surface area contributed by atoms with Gasteiger partial charge in [-0.3, -0.25) is 0 Å². The van der Waals surface area contributed by atoms with E-state index in [4.69, 9.17) is 0 Å². The average molecular weight is 313 g/mol. The highest BCUT2D eigenvalue weighted by Gasteiger charge is 2.30. The highest BCUT2D eigenvalue weighted by Crippen LogP contribution is 2.31. The van der Waals surface area contributed by atoms with Gasteiger partial charge in [-0.15, -0.1) is 11.3 Å². The molecule has 0 radical (unpaired) electrons. The van der Waals surface area contributed by atoms with E-state index in [0.29, 0.717) is 6.42 Å². The zero-order chi connectivity index (χ0) is 15.6. The molecule has 21 heavy (non-hydrogen) atoms. The number of halogens is 3. The monoisotopic (exact) mass is 313 g/mol. The third-order valence-electron chi connectivity index (χ3n) is 3.52. The first-order valence-electron chi connectivity index (χ1n) is 6.71. The number of nitrogens with one attached hydrogen (secondary N) is 1. The average Bonchev–Trinajstić information content (AvgIpc) is 2.74. The molecule has 0 saturated carbocycles. The minimum Gasteiger partial charge on any atom is -0.313 e. The summed E-state index contributed by atoms with van der Waals surface area (Å²) in [6, 6.07) is 7.67. The van der Waals surface area contributed by atoms with Crippen molar-refractivity contribution in [1.82, 2.24) is 5.32 Å². The van der Waals surface area contributed by atoms with Crippen LogP contribution < -0.4 is 5.32 Å². The molecular weight excluding hydrogens is 295 g/mol. The lowest BCUT2D eigenvalue weighted by molar-refractivity contribution is -0.137. The van der Waals surface area contributed by atoms with Crippen LogP contribution in [0.3, 0.4) is 0 Å². The van der Waals surface area contributed by atoms with E-state index in [1.807, 2.05) is 7.05 Å². The lowest BCUT2D eigenvalue weighted by Gasteiger charge is -2.17. The summed E-state index contributed by atoms with van der Waals surface area (Å²) in [5, 5.41) is 3.25. The van der Waals surface area contributed by atoms with Gasteiger partial charge in [0.25, 0.3) is 0 Å². The van der Waals surface area contributed by atoms with E-state index in [1.165, 1.54) is 15.3 Å². The Morgan fingerprint density at radius 1 is 1.14 bits per heavy atom. The van der Waals surface area contributed by atoms with Gasteiger partial charge in [0, 0.05) is 15.8 Å². The Balaban J connectivity index is 2.17. The molecule has 5 heteroatoms. The molecule has 0 aliphatic heterocycles. The maximum Gasteiger partial charge on any atom is 0.416 e. The van der Waals surface area contributed by atoms with Gasteiger partial charge in [0.05, 0.1) is 5.56 Å². The van der Waals surface area contributed by atoms with Crippen LogP contribution in [0.2, 0.25) is 0 Å². The molecule has 0 aliphatic rings. The van der Waals surface area contributed by atoms with E-state index < -0.39 is 11.7 Å². The van der Waals surface area contributed by atoms with E-state index in [1.54, 1.807) is 23.5 Å². The molecule has 2 aromatic rings. The van der Waals surface area contributed by atoms with Crippen LogP contribution in [-0.2, 0) is 12.6 Å². The second kappa shape index (κ2) is 6.20. The fraction of sp³-hybridized carbons (Fsp3) is 0.375. The van der Waals surface area contributed by atoms with E-state index >= 15 is 0 Å². The molecule has 0 amide bonds. The first kappa shape index (κ1) is 16.0. The fourth-order valence-electron chi connectivity index (χ4n) is 2.43. The van der Waals surface area contributed by atoms with Gasteiger partial charge in [0.1, 0.15) is 0 Å². The molecule has 0 aliphatic carbocycles. The normalized spacial score (nSPS) is 13.4. The van der Waals surface area contributed by atoms with Crippen LogP contribution in [-0.4, -0.2) is 7.05 Å². The van der Waals surface area contributed by atoms with Crippen LogP contribution in [0.5, 0.6) is 0 Å². The Morgan fingerprint density at radius 2 is 1.76 bits per heavy atom. The third-order valence-corrected chi connectivity index (χ3v) is 4.51. The van der Waals surface area contributed by atoms with Crippen molar-refractivity contribution in [3.05, 3.63) is 56.8 Å². The summed E-state index contributed by atoms with van der Waals surface area (Å²) in [5.74, 6) is 0. The molecule has 2 rings (SSSR count). The minimum atomic E-state index is -4.28. The molecule has 1 unspecified atom stereocenters. The number of alkyl halides is 3. The molecular formula is C16H18F3NS. The van der Waals surface area contributed by atoms with Crippen LogP contribution in [0.15, 0.2) is 30.3 Å². The highest BCUT2D eigenvalue weighted by molar-refractivity contribution is 7.12. The topological polar surface area (TPSA) is 12.0 Å². The Hall–Kier alpha value is -1.33. The molecule has 1 aromatic carbocycles. The molecule has 114 valence electrons. The summed E-state index contributed by atoms with van der Waals surface area (Å²) >= 11 is 1.74. The van der Waals surface area contributed by atoms with Crippen molar-refractivity contribution in [2.75, 3.05) is 7.05 Å². The third kappa shape index (κ3) is 3.86. The molecule has 1 nitrogen and oxygen atoms in total. The van der Waals surface area contributed by atoms with Gasteiger partial charge in [0.2, 0.25) is 0 Å². The molecule has 1 aromatic heterocycles. The van der Waals surface area contributed by atoms with E-state index in [9.17, 15) is 13.2 Å². The van der Waals surface area contributed by atoms with Crippen molar-refractivity contribution in [2.24, 2.45) is 0 Å². The van der Waals surface area contributed by atoms with Crippen LogP contribution in [0.25, 0.3) is 0 Å². The molecule has 1 atom stereocenters. The smallest absolute Gasteiger partial charge is 0.313 e. The predicted molar refractivity (Wildman–Crippen MR) is 80.7 cm³/mol. The van der Waals surface area contributed by atoms with E-state index in [0.717, 1.165) is 17.7 Å². The first-order chi connectivity index (χ1) is 9.81. The first-order valence-corrected chi connectivity index (χ1v) is 7.53. The quantitative estimate of drug-likeness (QED) is 0.847. The zero-order valence-electron chi connectivity index (χ0n) is 12.2. The van der Waals surface area contributed by atoms with Gasteiger partial charge < -0.3 is 5.32 Å². The Kier molecular flexibility index (Phi) is 4.74. The molecule has 0 fully saturated rings. The molecule has 1 N–H and O–H groups in total. The number of hydrogen-bond donors (Lipinski definition) is 1.